The van der Waals surface area contributed by atoms with Crippen LogP contribution in [-0.4, -0.2) is 16.4 Å². The third-order valence-electron chi connectivity index (χ3n) is 1.71. The van der Waals surface area contributed by atoms with Crippen LogP contribution in [0.4, 0.5) is 0 Å². The standard InChI is InChI=1S/C11H16N2O/c1-8-6-5-7-12-9(8)10(14)13-11(2,3)4/h5-7H,1-4H3,(H,13,14). The summed E-state index contributed by atoms with van der Waals surface area (Å²) in [4.78, 5) is 15.8. The summed E-state index contributed by atoms with van der Waals surface area (Å²) in [5.41, 5.74) is 1.18. The van der Waals surface area contributed by atoms with E-state index in [1.165, 1.54) is 0 Å². The summed E-state index contributed by atoms with van der Waals surface area (Å²) in [6, 6.07) is 3.70. The first kappa shape index (κ1) is 10.7. The van der Waals surface area contributed by atoms with E-state index in [0.29, 0.717) is 5.69 Å². The van der Waals surface area contributed by atoms with Crippen molar-refractivity contribution in [1.82, 2.24) is 10.3 Å². The highest BCUT2D eigenvalue weighted by Crippen LogP contribution is 2.06. The van der Waals surface area contributed by atoms with Gasteiger partial charge >= 0.3 is 0 Å². The quantitative estimate of drug-likeness (QED) is 0.738. The number of nitrogens with zero attached hydrogens (tertiary/aromatic N) is 1. The third-order valence-corrected chi connectivity index (χ3v) is 1.71. The Bertz CT molecular complexity index is 339. The van der Waals surface area contributed by atoms with Gasteiger partial charge in [0.2, 0.25) is 0 Å². The van der Waals surface area contributed by atoms with Gasteiger partial charge in [-0.2, -0.15) is 0 Å². The maximum Gasteiger partial charge on any atom is 0.270 e. The van der Waals surface area contributed by atoms with Gasteiger partial charge in [-0.3, -0.25) is 9.78 Å². The summed E-state index contributed by atoms with van der Waals surface area (Å²) in [6.07, 6.45) is 1.63. The number of hydrogen-bond donors (Lipinski definition) is 1. The molecule has 0 aliphatic rings. The molecule has 0 unspecified atom stereocenters. The largest absolute Gasteiger partial charge is 0.346 e. The van der Waals surface area contributed by atoms with Crippen molar-refractivity contribution >= 4 is 5.91 Å². The van der Waals surface area contributed by atoms with Gasteiger partial charge in [-0.1, -0.05) is 6.07 Å². The molecule has 1 amide bonds. The first-order valence-corrected chi connectivity index (χ1v) is 4.64. The fraction of sp³-hybridized carbons (Fsp3) is 0.455. The van der Waals surface area contributed by atoms with Crippen LogP contribution in [0, 0.1) is 6.92 Å². The van der Waals surface area contributed by atoms with Crippen molar-refractivity contribution in [2.45, 2.75) is 33.2 Å². The topological polar surface area (TPSA) is 42.0 Å². The van der Waals surface area contributed by atoms with Crippen LogP contribution in [0.15, 0.2) is 18.3 Å². The highest BCUT2D eigenvalue weighted by Gasteiger charge is 2.17. The molecule has 0 spiro atoms. The number of pyridine rings is 1. The minimum Gasteiger partial charge on any atom is -0.346 e. The Morgan fingerprint density at radius 1 is 1.43 bits per heavy atom. The van der Waals surface area contributed by atoms with Crippen molar-refractivity contribution in [1.29, 1.82) is 0 Å². The van der Waals surface area contributed by atoms with Crippen molar-refractivity contribution < 1.29 is 4.79 Å². The van der Waals surface area contributed by atoms with Gasteiger partial charge in [0.25, 0.3) is 5.91 Å². The second-order valence-corrected chi connectivity index (χ2v) is 4.37. The summed E-state index contributed by atoms with van der Waals surface area (Å²) in [5.74, 6) is -0.115. The second-order valence-electron chi connectivity index (χ2n) is 4.37. The highest BCUT2D eigenvalue weighted by molar-refractivity contribution is 5.93. The van der Waals surface area contributed by atoms with Crippen molar-refractivity contribution in [2.75, 3.05) is 0 Å². The van der Waals surface area contributed by atoms with E-state index in [4.69, 9.17) is 0 Å². The van der Waals surface area contributed by atoms with Crippen LogP contribution in [0.2, 0.25) is 0 Å². The molecule has 0 atom stereocenters. The molecular weight excluding hydrogens is 176 g/mol. The number of amides is 1. The SMILES string of the molecule is Cc1cccnc1C(=O)NC(C)(C)C. The molecule has 0 radical (unpaired) electrons. The monoisotopic (exact) mass is 192 g/mol. The zero-order valence-electron chi connectivity index (χ0n) is 9.09. The summed E-state index contributed by atoms with van der Waals surface area (Å²) >= 11 is 0. The normalized spacial score (nSPS) is 11.1. The Morgan fingerprint density at radius 3 is 2.57 bits per heavy atom. The van der Waals surface area contributed by atoms with Crippen LogP contribution < -0.4 is 5.32 Å². The van der Waals surface area contributed by atoms with E-state index in [0.717, 1.165) is 5.56 Å². The fourth-order valence-corrected chi connectivity index (χ4v) is 1.12. The number of carbonyl (C=O) groups is 1. The van der Waals surface area contributed by atoms with E-state index >= 15 is 0 Å². The Balaban J connectivity index is 2.86. The lowest BCUT2D eigenvalue weighted by molar-refractivity contribution is 0.0914. The molecule has 1 rings (SSSR count). The minimum atomic E-state index is -0.221. The first-order chi connectivity index (χ1) is 6.40. The molecule has 1 aromatic heterocycles. The zero-order valence-corrected chi connectivity index (χ0v) is 9.09. The average molecular weight is 192 g/mol. The van der Waals surface area contributed by atoms with Crippen LogP contribution >= 0.6 is 0 Å². The van der Waals surface area contributed by atoms with Gasteiger partial charge in [0.15, 0.2) is 0 Å². The van der Waals surface area contributed by atoms with Crippen LogP contribution in [-0.2, 0) is 0 Å². The Kier molecular flexibility index (Phi) is 2.89. The molecule has 76 valence electrons. The summed E-state index contributed by atoms with van der Waals surface area (Å²) in [7, 11) is 0. The molecule has 1 N–H and O–H groups in total. The van der Waals surface area contributed by atoms with Gasteiger partial charge in [-0.05, 0) is 39.3 Å². The molecule has 0 fully saturated rings. The van der Waals surface area contributed by atoms with Gasteiger partial charge in [0.05, 0.1) is 0 Å². The number of rotatable bonds is 1. The van der Waals surface area contributed by atoms with Crippen LogP contribution in [0.5, 0.6) is 0 Å². The maximum absolute atomic E-state index is 11.7. The average Bonchev–Trinajstić information content (AvgIpc) is 2.01. The lowest BCUT2D eigenvalue weighted by atomic mass is 10.1. The van der Waals surface area contributed by atoms with Crippen LogP contribution in [0.3, 0.4) is 0 Å². The Hall–Kier alpha value is -1.38. The maximum atomic E-state index is 11.7. The van der Waals surface area contributed by atoms with E-state index in [1.807, 2.05) is 39.8 Å². The van der Waals surface area contributed by atoms with Crippen LogP contribution in [0.25, 0.3) is 0 Å². The van der Waals surface area contributed by atoms with Crippen molar-refractivity contribution in [3.63, 3.8) is 0 Å². The smallest absolute Gasteiger partial charge is 0.270 e. The number of hydrogen-bond acceptors (Lipinski definition) is 2. The van der Waals surface area contributed by atoms with E-state index in [-0.39, 0.29) is 11.4 Å². The molecule has 1 aromatic rings. The Labute approximate surface area is 84.6 Å². The number of carbonyl (C=O) groups excluding carboxylic acids is 1. The van der Waals surface area contributed by atoms with Crippen molar-refractivity contribution in [3.05, 3.63) is 29.6 Å². The van der Waals surface area contributed by atoms with Crippen molar-refractivity contribution in [3.8, 4) is 0 Å². The molecule has 0 aliphatic carbocycles. The molecule has 0 bridgehead atoms. The molecule has 0 aromatic carbocycles. The fourth-order valence-electron chi connectivity index (χ4n) is 1.12. The lowest BCUT2D eigenvalue weighted by Gasteiger charge is -2.20. The zero-order chi connectivity index (χ0) is 10.8. The number of nitrogens with one attached hydrogen (secondary N) is 1. The van der Waals surface area contributed by atoms with E-state index in [1.54, 1.807) is 6.20 Å². The molecular formula is C11H16N2O. The summed E-state index contributed by atoms with van der Waals surface area (Å²) < 4.78 is 0. The van der Waals surface area contributed by atoms with Crippen LogP contribution in [0.1, 0.15) is 36.8 Å². The van der Waals surface area contributed by atoms with Crippen molar-refractivity contribution in [2.24, 2.45) is 0 Å². The number of aromatic nitrogens is 1. The minimum absolute atomic E-state index is 0.115. The lowest BCUT2D eigenvalue weighted by Crippen LogP contribution is -2.41. The summed E-state index contributed by atoms with van der Waals surface area (Å²) in [5, 5.41) is 2.87. The van der Waals surface area contributed by atoms with Gasteiger partial charge < -0.3 is 5.32 Å². The van der Waals surface area contributed by atoms with Gasteiger partial charge in [-0.25, -0.2) is 0 Å². The second kappa shape index (κ2) is 3.78. The third kappa shape index (κ3) is 2.83. The van der Waals surface area contributed by atoms with Gasteiger partial charge in [0, 0.05) is 11.7 Å². The van der Waals surface area contributed by atoms with E-state index in [9.17, 15) is 4.79 Å². The van der Waals surface area contributed by atoms with Gasteiger partial charge in [0.1, 0.15) is 5.69 Å². The molecule has 3 heteroatoms. The Morgan fingerprint density at radius 2 is 2.07 bits per heavy atom. The molecule has 0 saturated heterocycles. The highest BCUT2D eigenvalue weighted by atomic mass is 16.2. The summed E-state index contributed by atoms with van der Waals surface area (Å²) in [6.45, 7) is 7.72. The van der Waals surface area contributed by atoms with E-state index in [2.05, 4.69) is 10.3 Å². The molecule has 3 nitrogen and oxygen atoms in total. The first-order valence-electron chi connectivity index (χ1n) is 4.64. The predicted octanol–water partition coefficient (Wildman–Crippen LogP) is 1.92. The molecule has 14 heavy (non-hydrogen) atoms. The van der Waals surface area contributed by atoms with Gasteiger partial charge in [-0.15, -0.1) is 0 Å². The van der Waals surface area contributed by atoms with E-state index < -0.39 is 0 Å². The number of aryl methyl sites for hydroxylation is 1. The molecule has 1 heterocycles. The molecule has 0 aliphatic heterocycles. The molecule has 0 saturated carbocycles. The predicted molar refractivity (Wildman–Crippen MR) is 56.2 cm³/mol.